The predicted octanol–water partition coefficient (Wildman–Crippen LogP) is 3.00. The van der Waals surface area contributed by atoms with Crippen molar-refractivity contribution in [3.63, 3.8) is 0 Å². The lowest BCUT2D eigenvalue weighted by atomic mass is 10.0. The van der Waals surface area contributed by atoms with Gasteiger partial charge in [-0.1, -0.05) is 5.16 Å². The number of benzene rings is 1. The summed E-state index contributed by atoms with van der Waals surface area (Å²) in [5.74, 6) is -0.968. The maximum Gasteiger partial charge on any atom is 0.300 e. The third kappa shape index (κ3) is 3.06. The van der Waals surface area contributed by atoms with E-state index in [0.29, 0.717) is 5.56 Å². The number of carbonyl (C=O) groups is 1. The maximum atomic E-state index is 12.2. The third-order valence-electron chi connectivity index (χ3n) is 3.24. The molecule has 0 bridgehead atoms. The molecule has 0 saturated heterocycles. The van der Waals surface area contributed by atoms with Gasteiger partial charge in [-0.2, -0.15) is 0 Å². The molecular formula is C14H8N4O7. The van der Waals surface area contributed by atoms with Crippen LogP contribution in [0.15, 0.2) is 51.9 Å². The van der Waals surface area contributed by atoms with Gasteiger partial charge in [0.05, 0.1) is 34.6 Å². The number of rotatable bonds is 5. The third-order valence-corrected chi connectivity index (χ3v) is 3.24. The average molecular weight is 344 g/mol. The summed E-state index contributed by atoms with van der Waals surface area (Å²) in [6.07, 6.45) is 3.77. The number of hydrogen-bond acceptors (Lipinski definition) is 8. The van der Waals surface area contributed by atoms with Crippen LogP contribution in [0.5, 0.6) is 0 Å². The highest BCUT2D eigenvalue weighted by Gasteiger charge is 2.27. The number of anilines is 1. The van der Waals surface area contributed by atoms with Gasteiger partial charge in [0, 0.05) is 23.3 Å². The first-order valence-corrected chi connectivity index (χ1v) is 6.69. The van der Waals surface area contributed by atoms with E-state index >= 15 is 0 Å². The van der Waals surface area contributed by atoms with E-state index in [2.05, 4.69) is 10.5 Å². The number of nitrogens with zero attached hydrogens (tertiary/aromatic N) is 3. The van der Waals surface area contributed by atoms with Crippen molar-refractivity contribution in [2.24, 2.45) is 0 Å². The van der Waals surface area contributed by atoms with Crippen molar-refractivity contribution in [2.75, 3.05) is 5.32 Å². The summed E-state index contributed by atoms with van der Waals surface area (Å²) < 4.78 is 9.62. The number of aromatic nitrogens is 1. The Morgan fingerprint density at radius 2 is 1.96 bits per heavy atom. The van der Waals surface area contributed by atoms with Crippen LogP contribution >= 0.6 is 0 Å². The van der Waals surface area contributed by atoms with Crippen LogP contribution in [0, 0.1) is 20.2 Å². The van der Waals surface area contributed by atoms with Crippen molar-refractivity contribution in [1.29, 1.82) is 0 Å². The molecule has 1 amide bonds. The van der Waals surface area contributed by atoms with Crippen LogP contribution in [-0.4, -0.2) is 20.9 Å². The van der Waals surface area contributed by atoms with Crippen molar-refractivity contribution in [3.05, 3.63) is 69.0 Å². The monoisotopic (exact) mass is 344 g/mol. The van der Waals surface area contributed by atoms with Crippen LogP contribution in [-0.2, 0) is 0 Å². The Hall–Kier alpha value is -4.02. The van der Waals surface area contributed by atoms with Crippen LogP contribution in [0.1, 0.15) is 10.6 Å². The zero-order chi connectivity index (χ0) is 18.0. The van der Waals surface area contributed by atoms with Gasteiger partial charge >= 0.3 is 0 Å². The standard InChI is InChI=1S/C14H8N4O7/c19-14(12-1-3-15-25-12)16-13-10(8-2-4-24-7-8)5-9(17(20)21)6-11(13)18(22)23/h1-7H,(H,16,19). The van der Waals surface area contributed by atoms with Gasteiger partial charge < -0.3 is 14.3 Å². The lowest BCUT2D eigenvalue weighted by molar-refractivity contribution is -0.393. The van der Waals surface area contributed by atoms with E-state index in [1.54, 1.807) is 0 Å². The molecule has 2 aromatic heterocycles. The normalized spacial score (nSPS) is 10.4. The van der Waals surface area contributed by atoms with Crippen molar-refractivity contribution < 1.29 is 23.6 Å². The molecule has 0 radical (unpaired) electrons. The summed E-state index contributed by atoms with van der Waals surface area (Å²) >= 11 is 0. The maximum absolute atomic E-state index is 12.2. The van der Waals surface area contributed by atoms with Gasteiger partial charge in [0.2, 0.25) is 5.76 Å². The van der Waals surface area contributed by atoms with Crippen molar-refractivity contribution in [2.45, 2.75) is 0 Å². The molecule has 1 N–H and O–H groups in total. The Balaban J connectivity index is 2.18. The summed E-state index contributed by atoms with van der Waals surface area (Å²) in [4.78, 5) is 33.0. The summed E-state index contributed by atoms with van der Waals surface area (Å²) in [5.41, 5.74) is -0.987. The topological polar surface area (TPSA) is 155 Å². The van der Waals surface area contributed by atoms with Gasteiger partial charge in [-0.25, -0.2) is 0 Å². The second-order valence-corrected chi connectivity index (χ2v) is 4.74. The molecular weight excluding hydrogens is 336 g/mol. The molecule has 0 saturated carbocycles. The SMILES string of the molecule is O=C(Nc1c(-c2ccoc2)cc([N+](=O)[O-])cc1[N+](=O)[O-])c1ccno1. The van der Waals surface area contributed by atoms with Gasteiger partial charge in [-0.05, 0) is 6.07 Å². The molecule has 0 aliphatic carbocycles. The first-order chi connectivity index (χ1) is 12.0. The van der Waals surface area contributed by atoms with Crippen LogP contribution in [0.3, 0.4) is 0 Å². The van der Waals surface area contributed by atoms with E-state index < -0.39 is 27.1 Å². The van der Waals surface area contributed by atoms with Gasteiger partial charge in [-0.15, -0.1) is 0 Å². The van der Waals surface area contributed by atoms with Crippen molar-refractivity contribution in [3.8, 4) is 11.1 Å². The highest BCUT2D eigenvalue weighted by molar-refractivity contribution is 6.06. The number of nitro benzene ring substituents is 2. The van der Waals surface area contributed by atoms with Gasteiger partial charge in [-0.3, -0.25) is 25.0 Å². The second kappa shape index (κ2) is 6.23. The number of carbonyl (C=O) groups excluding carboxylic acids is 1. The highest BCUT2D eigenvalue weighted by atomic mass is 16.6. The minimum atomic E-state index is -0.827. The number of amides is 1. The summed E-state index contributed by atoms with van der Waals surface area (Å²) in [6.45, 7) is 0. The Bertz CT molecular complexity index is 948. The highest BCUT2D eigenvalue weighted by Crippen LogP contribution is 2.39. The fourth-order valence-corrected chi connectivity index (χ4v) is 2.15. The Morgan fingerprint density at radius 3 is 2.52 bits per heavy atom. The van der Waals surface area contributed by atoms with E-state index in [0.717, 1.165) is 12.1 Å². The lowest BCUT2D eigenvalue weighted by Crippen LogP contribution is -2.13. The first-order valence-electron chi connectivity index (χ1n) is 6.69. The minimum Gasteiger partial charge on any atom is -0.472 e. The molecule has 0 spiro atoms. The molecule has 0 fully saturated rings. The molecule has 3 aromatic rings. The molecule has 0 atom stereocenters. The van der Waals surface area contributed by atoms with Gasteiger partial charge in [0.15, 0.2) is 0 Å². The average Bonchev–Trinajstić information content (AvgIpc) is 3.28. The predicted molar refractivity (Wildman–Crippen MR) is 81.9 cm³/mol. The largest absolute Gasteiger partial charge is 0.472 e. The van der Waals surface area contributed by atoms with Crippen LogP contribution < -0.4 is 5.32 Å². The molecule has 126 valence electrons. The zero-order valence-corrected chi connectivity index (χ0v) is 12.2. The minimum absolute atomic E-state index is 0.0579. The fraction of sp³-hybridized carbons (Fsp3) is 0. The number of hydrogen-bond donors (Lipinski definition) is 1. The van der Waals surface area contributed by atoms with E-state index in [-0.39, 0.29) is 17.0 Å². The fourth-order valence-electron chi connectivity index (χ4n) is 2.15. The van der Waals surface area contributed by atoms with Crippen LogP contribution in [0.2, 0.25) is 0 Å². The van der Waals surface area contributed by atoms with Crippen molar-refractivity contribution in [1.82, 2.24) is 5.16 Å². The smallest absolute Gasteiger partial charge is 0.300 e. The molecule has 0 unspecified atom stereocenters. The first kappa shape index (κ1) is 15.9. The molecule has 11 heteroatoms. The molecule has 3 rings (SSSR count). The molecule has 2 heterocycles. The Kier molecular flexibility index (Phi) is 3.95. The van der Waals surface area contributed by atoms with Gasteiger partial charge in [0.1, 0.15) is 5.69 Å². The number of furan rings is 1. The Morgan fingerprint density at radius 1 is 1.16 bits per heavy atom. The number of nitro groups is 2. The van der Waals surface area contributed by atoms with E-state index in [9.17, 15) is 25.0 Å². The Labute approximate surface area is 138 Å². The van der Waals surface area contributed by atoms with E-state index in [1.165, 1.54) is 30.9 Å². The number of nitrogens with one attached hydrogen (secondary N) is 1. The summed E-state index contributed by atoms with van der Waals surface area (Å²) in [7, 11) is 0. The summed E-state index contributed by atoms with van der Waals surface area (Å²) in [6, 6.07) is 4.59. The van der Waals surface area contributed by atoms with Crippen LogP contribution in [0.4, 0.5) is 17.1 Å². The lowest BCUT2D eigenvalue weighted by Gasteiger charge is -2.09. The van der Waals surface area contributed by atoms with E-state index in [1.807, 2.05) is 0 Å². The molecule has 0 aliphatic rings. The van der Waals surface area contributed by atoms with E-state index in [4.69, 9.17) is 8.94 Å². The zero-order valence-electron chi connectivity index (χ0n) is 12.2. The van der Waals surface area contributed by atoms with Crippen molar-refractivity contribution >= 4 is 23.0 Å². The molecule has 25 heavy (non-hydrogen) atoms. The second-order valence-electron chi connectivity index (χ2n) is 4.74. The van der Waals surface area contributed by atoms with Crippen LogP contribution in [0.25, 0.3) is 11.1 Å². The summed E-state index contributed by atoms with van der Waals surface area (Å²) in [5, 5.41) is 28.1. The molecule has 11 nitrogen and oxygen atoms in total. The van der Waals surface area contributed by atoms with Gasteiger partial charge in [0.25, 0.3) is 17.3 Å². The molecule has 0 aliphatic heterocycles. The molecule has 1 aromatic carbocycles. The number of non-ortho nitro benzene ring substituents is 1. The quantitative estimate of drug-likeness (QED) is 0.547.